The zero-order chi connectivity index (χ0) is 13.5. The molecular formula is C17H17NO. The van der Waals surface area contributed by atoms with Crippen LogP contribution in [0.2, 0.25) is 0 Å². The molecule has 2 nitrogen and oxygen atoms in total. The van der Waals surface area contributed by atoms with Gasteiger partial charge in [0.2, 0.25) is 0 Å². The number of carbonyl (C=O) groups excluding carboxylic acids is 1. The highest BCUT2D eigenvalue weighted by molar-refractivity contribution is 6.06. The molecule has 0 unspecified atom stereocenters. The number of fused-ring (bicyclic) bond motifs is 1. The largest absolute Gasteiger partial charge is 0.352 e. The van der Waals surface area contributed by atoms with Gasteiger partial charge in [-0.1, -0.05) is 36.4 Å². The molecule has 0 aliphatic rings. The molecule has 1 N–H and O–H groups in total. The average Bonchev–Trinajstić information content (AvgIpc) is 2.46. The summed E-state index contributed by atoms with van der Waals surface area (Å²) in [6.07, 6.45) is 7.82. The summed E-state index contributed by atoms with van der Waals surface area (Å²) in [5.41, 5.74) is 0.732. The van der Waals surface area contributed by atoms with Crippen molar-refractivity contribution in [1.82, 2.24) is 5.32 Å². The summed E-state index contributed by atoms with van der Waals surface area (Å²) >= 11 is 0. The fourth-order valence-corrected chi connectivity index (χ4v) is 2.07. The van der Waals surface area contributed by atoms with Crippen molar-refractivity contribution in [2.24, 2.45) is 0 Å². The Balaban J connectivity index is 2.03. The van der Waals surface area contributed by atoms with Crippen molar-refractivity contribution in [3.05, 3.63) is 48.0 Å². The number of rotatable bonds is 5. The Bertz CT molecular complexity index is 605. The van der Waals surface area contributed by atoms with Crippen LogP contribution in [0.4, 0.5) is 0 Å². The highest BCUT2D eigenvalue weighted by Crippen LogP contribution is 2.18. The third kappa shape index (κ3) is 3.35. The summed E-state index contributed by atoms with van der Waals surface area (Å²) in [6.45, 7) is 0.670. The minimum Gasteiger partial charge on any atom is -0.352 e. The quantitative estimate of drug-likeness (QED) is 0.640. The molecule has 2 heteroatoms. The van der Waals surface area contributed by atoms with E-state index in [1.165, 1.54) is 0 Å². The molecule has 1 amide bonds. The molecule has 0 aliphatic carbocycles. The van der Waals surface area contributed by atoms with E-state index in [2.05, 4.69) is 11.2 Å². The molecule has 0 spiro atoms. The van der Waals surface area contributed by atoms with E-state index in [-0.39, 0.29) is 5.91 Å². The highest BCUT2D eigenvalue weighted by atomic mass is 16.1. The van der Waals surface area contributed by atoms with Gasteiger partial charge in [-0.15, -0.1) is 12.3 Å². The predicted molar refractivity (Wildman–Crippen MR) is 79.0 cm³/mol. The molecule has 0 radical (unpaired) electrons. The van der Waals surface area contributed by atoms with Crippen molar-refractivity contribution in [3.8, 4) is 12.3 Å². The van der Waals surface area contributed by atoms with Crippen LogP contribution in [0.3, 0.4) is 0 Å². The van der Waals surface area contributed by atoms with E-state index in [4.69, 9.17) is 6.42 Å². The smallest absolute Gasteiger partial charge is 0.251 e. The summed E-state index contributed by atoms with van der Waals surface area (Å²) in [4.78, 5) is 12.1. The molecule has 0 saturated heterocycles. The number of hydrogen-bond donors (Lipinski definition) is 1. The summed E-state index contributed by atoms with van der Waals surface area (Å²) in [6, 6.07) is 13.7. The first kappa shape index (κ1) is 13.2. The zero-order valence-corrected chi connectivity index (χ0v) is 10.9. The van der Waals surface area contributed by atoms with Crippen molar-refractivity contribution < 1.29 is 4.79 Å². The molecular weight excluding hydrogens is 234 g/mol. The van der Waals surface area contributed by atoms with Gasteiger partial charge in [0.15, 0.2) is 0 Å². The third-order valence-electron chi connectivity index (χ3n) is 3.07. The maximum absolute atomic E-state index is 12.1. The molecule has 0 aliphatic heterocycles. The van der Waals surface area contributed by atoms with Gasteiger partial charge >= 0.3 is 0 Å². The van der Waals surface area contributed by atoms with Crippen LogP contribution in [-0.4, -0.2) is 12.5 Å². The van der Waals surface area contributed by atoms with Crippen molar-refractivity contribution in [3.63, 3.8) is 0 Å². The maximum Gasteiger partial charge on any atom is 0.251 e. The lowest BCUT2D eigenvalue weighted by molar-refractivity contribution is 0.0954. The lowest BCUT2D eigenvalue weighted by Gasteiger charge is -2.07. The Morgan fingerprint density at radius 1 is 1.11 bits per heavy atom. The number of hydrogen-bond acceptors (Lipinski definition) is 1. The van der Waals surface area contributed by atoms with E-state index in [1.807, 2.05) is 42.5 Å². The van der Waals surface area contributed by atoms with Crippen LogP contribution in [0.5, 0.6) is 0 Å². The van der Waals surface area contributed by atoms with Crippen LogP contribution in [0.25, 0.3) is 10.8 Å². The SMILES string of the molecule is C#CCCCCNC(=O)c1cccc2ccccc12. The summed E-state index contributed by atoms with van der Waals surface area (Å²) in [5, 5.41) is 5.02. The number of carbonyl (C=O) groups is 1. The molecule has 19 heavy (non-hydrogen) atoms. The lowest BCUT2D eigenvalue weighted by atomic mass is 10.0. The topological polar surface area (TPSA) is 29.1 Å². The minimum atomic E-state index is -0.0162. The molecule has 0 saturated carbocycles. The van der Waals surface area contributed by atoms with Crippen molar-refractivity contribution >= 4 is 16.7 Å². The monoisotopic (exact) mass is 251 g/mol. The van der Waals surface area contributed by atoms with Crippen LogP contribution in [0.15, 0.2) is 42.5 Å². The van der Waals surface area contributed by atoms with E-state index in [9.17, 15) is 4.79 Å². The molecule has 2 rings (SSSR count). The molecule has 0 heterocycles. The van der Waals surface area contributed by atoms with E-state index in [0.29, 0.717) is 6.54 Å². The maximum atomic E-state index is 12.1. The molecule has 0 bridgehead atoms. The van der Waals surface area contributed by atoms with Crippen molar-refractivity contribution in [2.75, 3.05) is 6.54 Å². The summed E-state index contributed by atoms with van der Waals surface area (Å²) < 4.78 is 0. The normalized spacial score (nSPS) is 10.1. The minimum absolute atomic E-state index is 0.0162. The van der Waals surface area contributed by atoms with Crippen LogP contribution < -0.4 is 5.32 Å². The highest BCUT2D eigenvalue weighted by Gasteiger charge is 2.08. The van der Waals surface area contributed by atoms with E-state index in [0.717, 1.165) is 35.6 Å². The van der Waals surface area contributed by atoms with Gasteiger partial charge in [0.1, 0.15) is 0 Å². The Kier molecular flexibility index (Phi) is 4.58. The fraction of sp³-hybridized carbons (Fsp3) is 0.235. The summed E-state index contributed by atoms with van der Waals surface area (Å²) in [5.74, 6) is 2.58. The first-order valence-electron chi connectivity index (χ1n) is 6.52. The zero-order valence-electron chi connectivity index (χ0n) is 10.9. The van der Waals surface area contributed by atoms with Gasteiger partial charge in [0.25, 0.3) is 5.91 Å². The second-order valence-electron chi connectivity index (χ2n) is 4.44. The molecule has 2 aromatic rings. The number of benzene rings is 2. The number of amides is 1. The van der Waals surface area contributed by atoms with E-state index < -0.39 is 0 Å². The summed E-state index contributed by atoms with van der Waals surface area (Å²) in [7, 11) is 0. The average molecular weight is 251 g/mol. The van der Waals surface area contributed by atoms with Gasteiger partial charge in [-0.2, -0.15) is 0 Å². The Morgan fingerprint density at radius 2 is 1.89 bits per heavy atom. The molecule has 96 valence electrons. The van der Waals surface area contributed by atoms with E-state index in [1.54, 1.807) is 0 Å². The van der Waals surface area contributed by atoms with Gasteiger partial charge in [0.05, 0.1) is 0 Å². The third-order valence-corrected chi connectivity index (χ3v) is 3.07. The first-order chi connectivity index (χ1) is 9.33. The molecule has 0 atom stereocenters. The van der Waals surface area contributed by atoms with Gasteiger partial charge in [-0.25, -0.2) is 0 Å². The Morgan fingerprint density at radius 3 is 2.74 bits per heavy atom. The predicted octanol–water partition coefficient (Wildman–Crippen LogP) is 3.37. The number of unbranched alkanes of at least 4 members (excludes halogenated alkanes) is 2. The second kappa shape index (κ2) is 6.61. The van der Waals surface area contributed by atoms with Crippen LogP contribution in [0, 0.1) is 12.3 Å². The molecule has 0 fully saturated rings. The van der Waals surface area contributed by atoms with Crippen LogP contribution in [0.1, 0.15) is 29.6 Å². The Hall–Kier alpha value is -2.27. The molecule has 0 aromatic heterocycles. The fourth-order valence-electron chi connectivity index (χ4n) is 2.07. The van der Waals surface area contributed by atoms with Gasteiger partial charge in [-0.3, -0.25) is 4.79 Å². The number of nitrogens with one attached hydrogen (secondary N) is 1. The first-order valence-corrected chi connectivity index (χ1v) is 6.52. The van der Waals surface area contributed by atoms with Gasteiger partial charge in [0, 0.05) is 18.5 Å². The van der Waals surface area contributed by atoms with Crippen molar-refractivity contribution in [1.29, 1.82) is 0 Å². The van der Waals surface area contributed by atoms with Gasteiger partial charge in [-0.05, 0) is 29.7 Å². The van der Waals surface area contributed by atoms with E-state index >= 15 is 0 Å². The van der Waals surface area contributed by atoms with Gasteiger partial charge < -0.3 is 5.32 Å². The van der Waals surface area contributed by atoms with Crippen molar-refractivity contribution in [2.45, 2.75) is 19.3 Å². The standard InChI is InChI=1S/C17H17NO/c1-2-3-4-7-13-18-17(19)16-12-8-10-14-9-5-6-11-15(14)16/h1,5-6,8-12H,3-4,7,13H2,(H,18,19). The lowest BCUT2D eigenvalue weighted by Crippen LogP contribution is -2.24. The molecule has 2 aromatic carbocycles. The second-order valence-corrected chi connectivity index (χ2v) is 4.44. The van der Waals surface area contributed by atoms with Crippen LogP contribution in [-0.2, 0) is 0 Å². The number of terminal acetylenes is 1. The Labute approximate surface area is 113 Å². The van der Waals surface area contributed by atoms with Crippen LogP contribution >= 0.6 is 0 Å².